The van der Waals surface area contributed by atoms with Crippen LogP contribution in [0, 0.1) is 12.7 Å². The minimum atomic E-state index is -0.118. The maximum atomic E-state index is 13.9. The first kappa shape index (κ1) is 16.9. The molecule has 1 aliphatic rings. The van der Waals surface area contributed by atoms with Crippen LogP contribution in [0.4, 0.5) is 4.39 Å². The van der Waals surface area contributed by atoms with Gasteiger partial charge in [0.05, 0.1) is 10.7 Å². The topological polar surface area (TPSA) is 49.3 Å². The Kier molecular flexibility index (Phi) is 5.45. The molecule has 0 aliphatic heterocycles. The van der Waals surface area contributed by atoms with Crippen molar-refractivity contribution in [2.45, 2.75) is 38.6 Å². The minimum absolute atomic E-state index is 0.118. The Morgan fingerprint density at radius 3 is 2.96 bits per heavy atom. The van der Waals surface area contributed by atoms with Crippen LogP contribution in [0.3, 0.4) is 0 Å². The van der Waals surface area contributed by atoms with Gasteiger partial charge in [-0.3, -0.25) is 4.99 Å². The Morgan fingerprint density at radius 1 is 1.42 bits per heavy atom. The van der Waals surface area contributed by atoms with E-state index in [0.29, 0.717) is 6.54 Å². The normalized spacial score (nSPS) is 20.0. The van der Waals surface area contributed by atoms with Gasteiger partial charge < -0.3 is 10.6 Å². The molecule has 0 amide bonds. The molecule has 2 N–H and O–H groups in total. The average Bonchev–Trinajstić information content (AvgIpc) is 3.19. The second kappa shape index (κ2) is 7.75. The van der Waals surface area contributed by atoms with Gasteiger partial charge in [0.25, 0.3) is 0 Å². The van der Waals surface area contributed by atoms with Crippen LogP contribution in [0.5, 0.6) is 0 Å². The molecule has 128 valence electrons. The van der Waals surface area contributed by atoms with Gasteiger partial charge in [-0.2, -0.15) is 0 Å². The number of nitrogens with zero attached hydrogens (tertiary/aromatic N) is 2. The lowest BCUT2D eigenvalue weighted by molar-refractivity contribution is 0.607. The third kappa shape index (κ3) is 4.32. The van der Waals surface area contributed by atoms with Crippen molar-refractivity contribution < 1.29 is 4.39 Å². The number of thiazole rings is 1. The van der Waals surface area contributed by atoms with E-state index in [4.69, 9.17) is 0 Å². The summed E-state index contributed by atoms with van der Waals surface area (Å²) in [5.74, 6) is 0.914. The molecule has 0 bridgehead atoms. The molecule has 0 radical (unpaired) electrons. The number of aromatic nitrogens is 1. The Hall–Kier alpha value is -1.95. The van der Waals surface area contributed by atoms with Crippen molar-refractivity contribution in [2.24, 2.45) is 4.99 Å². The molecule has 1 heterocycles. The molecule has 1 aromatic carbocycles. The van der Waals surface area contributed by atoms with E-state index in [0.717, 1.165) is 41.6 Å². The molecule has 0 saturated heterocycles. The van der Waals surface area contributed by atoms with Crippen molar-refractivity contribution in [3.8, 4) is 0 Å². The fourth-order valence-corrected chi connectivity index (χ4v) is 3.42. The molecule has 1 saturated carbocycles. The second-order valence-corrected chi connectivity index (χ2v) is 7.05. The summed E-state index contributed by atoms with van der Waals surface area (Å²) in [6, 6.07) is 7.27. The third-order valence-corrected chi connectivity index (χ3v) is 4.89. The highest BCUT2D eigenvalue weighted by molar-refractivity contribution is 7.09. The first-order valence-electron chi connectivity index (χ1n) is 8.37. The number of halogens is 1. The van der Waals surface area contributed by atoms with E-state index in [2.05, 4.69) is 26.0 Å². The fraction of sp³-hybridized carbons (Fsp3) is 0.444. The van der Waals surface area contributed by atoms with E-state index in [1.807, 2.05) is 26.0 Å². The highest BCUT2D eigenvalue weighted by Gasteiger charge is 2.40. The van der Waals surface area contributed by atoms with Crippen LogP contribution in [-0.4, -0.2) is 30.1 Å². The lowest BCUT2D eigenvalue weighted by Gasteiger charge is -2.11. The van der Waals surface area contributed by atoms with Gasteiger partial charge in [-0.15, -0.1) is 11.3 Å². The lowest BCUT2D eigenvalue weighted by atomic mass is 10.1. The van der Waals surface area contributed by atoms with Crippen LogP contribution < -0.4 is 10.6 Å². The molecular weight excluding hydrogens is 323 g/mol. The quantitative estimate of drug-likeness (QED) is 0.624. The maximum absolute atomic E-state index is 13.9. The Labute approximate surface area is 146 Å². The number of hydrogen-bond donors (Lipinski definition) is 2. The van der Waals surface area contributed by atoms with Crippen molar-refractivity contribution >= 4 is 17.3 Å². The van der Waals surface area contributed by atoms with Crippen molar-refractivity contribution in [3.05, 3.63) is 51.7 Å². The zero-order chi connectivity index (χ0) is 16.9. The van der Waals surface area contributed by atoms with Crippen molar-refractivity contribution in [1.82, 2.24) is 15.6 Å². The van der Waals surface area contributed by atoms with Gasteiger partial charge in [0.1, 0.15) is 5.82 Å². The number of nitrogens with one attached hydrogen (secondary N) is 2. The smallest absolute Gasteiger partial charge is 0.191 e. The predicted molar refractivity (Wildman–Crippen MR) is 97.2 cm³/mol. The predicted octanol–water partition coefficient (Wildman–Crippen LogP) is 3.24. The average molecular weight is 346 g/mol. The molecule has 24 heavy (non-hydrogen) atoms. The Morgan fingerprint density at radius 2 is 2.25 bits per heavy atom. The van der Waals surface area contributed by atoms with Gasteiger partial charge in [0, 0.05) is 36.9 Å². The summed E-state index contributed by atoms with van der Waals surface area (Å²) in [4.78, 5) is 9.07. The Bertz CT molecular complexity index is 713. The molecule has 4 nitrogen and oxygen atoms in total. The van der Waals surface area contributed by atoms with Crippen LogP contribution in [0.2, 0.25) is 0 Å². The summed E-state index contributed by atoms with van der Waals surface area (Å²) in [5.41, 5.74) is 1.89. The molecule has 2 aromatic rings. The number of rotatable bonds is 6. The Balaban J connectivity index is 1.55. The van der Waals surface area contributed by atoms with E-state index in [9.17, 15) is 4.39 Å². The summed E-state index contributed by atoms with van der Waals surface area (Å²) < 4.78 is 13.9. The highest BCUT2D eigenvalue weighted by atomic mass is 32.1. The van der Waals surface area contributed by atoms with Gasteiger partial charge in [0.2, 0.25) is 0 Å². The molecule has 3 rings (SSSR count). The zero-order valence-electron chi connectivity index (χ0n) is 14.1. The molecular formula is C18H23FN4S. The molecule has 1 fully saturated rings. The van der Waals surface area contributed by atoms with Crippen molar-refractivity contribution in [2.75, 3.05) is 13.1 Å². The van der Waals surface area contributed by atoms with E-state index in [1.54, 1.807) is 17.4 Å². The van der Waals surface area contributed by atoms with Crippen LogP contribution in [0.25, 0.3) is 0 Å². The number of hydrogen-bond acceptors (Lipinski definition) is 3. The maximum Gasteiger partial charge on any atom is 0.191 e. The van der Waals surface area contributed by atoms with Gasteiger partial charge in [-0.25, -0.2) is 9.37 Å². The van der Waals surface area contributed by atoms with Gasteiger partial charge >= 0.3 is 0 Å². The fourth-order valence-electron chi connectivity index (χ4n) is 2.77. The van der Waals surface area contributed by atoms with Crippen LogP contribution >= 0.6 is 11.3 Å². The molecule has 0 spiro atoms. The first-order valence-corrected chi connectivity index (χ1v) is 9.25. The standard InChI is InChI=1S/C18H23FN4S/c1-3-20-18(21-9-8-13-11-24-12(2)22-13)23-17-10-15(17)14-6-4-5-7-16(14)19/h4-7,11,15,17H,3,8-10H2,1-2H3,(H2,20,21,23). The van der Waals surface area contributed by atoms with E-state index in [1.165, 1.54) is 6.07 Å². The number of aliphatic imine (C=N–C) groups is 1. The van der Waals surface area contributed by atoms with E-state index >= 15 is 0 Å². The number of aryl methyl sites for hydroxylation is 1. The summed E-state index contributed by atoms with van der Waals surface area (Å²) in [7, 11) is 0. The summed E-state index contributed by atoms with van der Waals surface area (Å²) in [5, 5.41) is 9.84. The van der Waals surface area contributed by atoms with Gasteiger partial charge in [-0.1, -0.05) is 18.2 Å². The highest BCUT2D eigenvalue weighted by Crippen LogP contribution is 2.41. The number of guanidine groups is 1. The van der Waals surface area contributed by atoms with Gasteiger partial charge in [-0.05, 0) is 31.9 Å². The third-order valence-electron chi connectivity index (χ3n) is 4.07. The van der Waals surface area contributed by atoms with E-state index < -0.39 is 0 Å². The number of benzene rings is 1. The lowest BCUT2D eigenvalue weighted by Crippen LogP contribution is -2.39. The largest absolute Gasteiger partial charge is 0.357 e. The molecule has 2 atom stereocenters. The summed E-state index contributed by atoms with van der Waals surface area (Å²) >= 11 is 1.67. The molecule has 1 aromatic heterocycles. The molecule has 6 heteroatoms. The monoisotopic (exact) mass is 346 g/mol. The van der Waals surface area contributed by atoms with Crippen LogP contribution in [0.15, 0.2) is 34.6 Å². The molecule has 2 unspecified atom stereocenters. The second-order valence-electron chi connectivity index (χ2n) is 5.98. The van der Waals surface area contributed by atoms with Gasteiger partial charge in [0.15, 0.2) is 5.96 Å². The first-order chi connectivity index (χ1) is 11.7. The van der Waals surface area contributed by atoms with Crippen LogP contribution in [-0.2, 0) is 6.42 Å². The summed E-state index contributed by atoms with van der Waals surface area (Å²) in [6.07, 6.45) is 1.78. The zero-order valence-corrected chi connectivity index (χ0v) is 14.9. The van der Waals surface area contributed by atoms with E-state index in [-0.39, 0.29) is 17.8 Å². The summed E-state index contributed by atoms with van der Waals surface area (Å²) in [6.45, 7) is 5.55. The SMILES string of the molecule is CCNC(=NCCc1csc(C)n1)NC1CC1c1ccccc1F. The van der Waals surface area contributed by atoms with Crippen molar-refractivity contribution in [3.63, 3.8) is 0 Å². The minimum Gasteiger partial charge on any atom is -0.357 e. The van der Waals surface area contributed by atoms with Crippen molar-refractivity contribution in [1.29, 1.82) is 0 Å². The van der Waals surface area contributed by atoms with Crippen LogP contribution in [0.1, 0.15) is 35.5 Å². The molecule has 1 aliphatic carbocycles.